The van der Waals surface area contributed by atoms with Crippen LogP contribution < -0.4 is 4.74 Å². The summed E-state index contributed by atoms with van der Waals surface area (Å²) in [6, 6.07) is 10.1. The van der Waals surface area contributed by atoms with E-state index in [9.17, 15) is 18.0 Å². The van der Waals surface area contributed by atoms with Crippen LogP contribution in [0.1, 0.15) is 54.9 Å². The van der Waals surface area contributed by atoms with Crippen LogP contribution in [0.15, 0.2) is 46.9 Å². The average molecular weight is 420 g/mol. The molecule has 160 valence electrons. The zero-order valence-electron chi connectivity index (χ0n) is 17.2. The van der Waals surface area contributed by atoms with E-state index in [1.165, 1.54) is 18.2 Å². The molecule has 1 aromatic heterocycles. The van der Waals surface area contributed by atoms with Gasteiger partial charge in [0.05, 0.1) is 12.2 Å². The summed E-state index contributed by atoms with van der Waals surface area (Å²) in [4.78, 5) is 12.6. The topological polar surface area (TPSA) is 48.7 Å². The lowest BCUT2D eigenvalue weighted by Crippen LogP contribution is -2.16. The molecule has 0 unspecified atom stereocenters. The molecule has 3 aromatic rings. The Hall–Kier alpha value is -2.96. The van der Waals surface area contributed by atoms with Gasteiger partial charge in [-0.3, -0.25) is 0 Å². The van der Waals surface area contributed by atoms with E-state index in [2.05, 4.69) is 0 Å². The molecule has 1 heterocycles. The van der Waals surface area contributed by atoms with Crippen LogP contribution in [0.2, 0.25) is 0 Å². The van der Waals surface area contributed by atoms with Crippen LogP contribution in [-0.4, -0.2) is 12.6 Å². The third-order valence-electron chi connectivity index (χ3n) is 4.54. The first-order valence-corrected chi connectivity index (χ1v) is 9.54. The highest BCUT2D eigenvalue weighted by Crippen LogP contribution is 2.37. The molecule has 0 aliphatic carbocycles. The molecule has 0 aliphatic rings. The second-order valence-electron chi connectivity index (χ2n) is 7.88. The second kappa shape index (κ2) is 8.05. The fourth-order valence-electron chi connectivity index (χ4n) is 3.18. The number of alkyl halides is 3. The third kappa shape index (κ3) is 4.45. The molecule has 0 saturated heterocycles. The molecule has 0 atom stereocenters. The maximum Gasteiger partial charge on any atom is 0.416 e. The molecule has 3 rings (SSSR count). The number of hydrogen-bond donors (Lipinski definition) is 0. The Morgan fingerprint density at radius 3 is 2.40 bits per heavy atom. The van der Waals surface area contributed by atoms with E-state index in [1.807, 2.05) is 20.8 Å². The van der Waals surface area contributed by atoms with Crippen molar-refractivity contribution in [3.63, 3.8) is 0 Å². The van der Waals surface area contributed by atoms with E-state index in [0.29, 0.717) is 28.0 Å². The Kier molecular flexibility index (Phi) is 5.83. The molecule has 0 N–H and O–H groups in total. The van der Waals surface area contributed by atoms with Crippen LogP contribution in [0.3, 0.4) is 0 Å². The molecule has 0 radical (unpaired) electrons. The number of furan rings is 1. The van der Waals surface area contributed by atoms with Gasteiger partial charge in [0.2, 0.25) is 0 Å². The predicted octanol–water partition coefficient (Wildman–Crippen LogP) is 6.50. The monoisotopic (exact) mass is 420 g/mol. The lowest BCUT2D eigenvalue weighted by atomic mass is 9.89. The van der Waals surface area contributed by atoms with Gasteiger partial charge in [0.25, 0.3) is 0 Å². The number of ether oxygens (including phenoxy) is 2. The summed E-state index contributed by atoms with van der Waals surface area (Å²) in [5.41, 5.74) is -0.380. The van der Waals surface area contributed by atoms with Crippen LogP contribution in [0.5, 0.6) is 5.75 Å². The Morgan fingerprint density at radius 2 is 1.77 bits per heavy atom. The molecular weight excluding hydrogens is 397 g/mol. The van der Waals surface area contributed by atoms with Crippen molar-refractivity contribution in [1.82, 2.24) is 0 Å². The molecule has 2 aromatic carbocycles. The van der Waals surface area contributed by atoms with E-state index in [1.54, 1.807) is 25.1 Å². The Balaban J connectivity index is 1.98. The zero-order valence-corrected chi connectivity index (χ0v) is 17.2. The van der Waals surface area contributed by atoms with Crippen molar-refractivity contribution in [2.24, 2.45) is 0 Å². The van der Waals surface area contributed by atoms with Crippen molar-refractivity contribution in [3.05, 3.63) is 64.9 Å². The van der Waals surface area contributed by atoms with E-state index >= 15 is 0 Å². The first kappa shape index (κ1) is 21.7. The summed E-state index contributed by atoms with van der Waals surface area (Å²) < 4.78 is 56.3. The fourth-order valence-corrected chi connectivity index (χ4v) is 3.18. The van der Waals surface area contributed by atoms with Gasteiger partial charge in [-0.1, -0.05) is 39.0 Å². The summed E-state index contributed by atoms with van der Waals surface area (Å²) in [5.74, 6) is 0.294. The number of esters is 1. The van der Waals surface area contributed by atoms with Crippen LogP contribution >= 0.6 is 0 Å². The van der Waals surface area contributed by atoms with Gasteiger partial charge in [0.15, 0.2) is 0 Å². The van der Waals surface area contributed by atoms with E-state index in [0.717, 1.165) is 6.07 Å². The summed E-state index contributed by atoms with van der Waals surface area (Å²) in [5, 5.41) is 0.500. The largest absolute Gasteiger partial charge is 0.489 e. The molecule has 30 heavy (non-hydrogen) atoms. The SMILES string of the molecule is CCOC(=O)c1c(C(C)(C)C)oc2ccc(OCc3ccccc3C(F)(F)F)cc12. The highest BCUT2D eigenvalue weighted by molar-refractivity contribution is 6.05. The minimum Gasteiger partial charge on any atom is -0.489 e. The van der Waals surface area contributed by atoms with Gasteiger partial charge in [-0.2, -0.15) is 13.2 Å². The van der Waals surface area contributed by atoms with Gasteiger partial charge in [0, 0.05) is 16.4 Å². The van der Waals surface area contributed by atoms with Crippen LogP contribution in [0, 0.1) is 0 Å². The minimum atomic E-state index is -4.47. The first-order valence-electron chi connectivity index (χ1n) is 9.54. The Labute approximate surface area is 172 Å². The number of halogens is 3. The zero-order chi connectivity index (χ0) is 22.1. The summed E-state index contributed by atoms with van der Waals surface area (Å²) in [6.45, 7) is 7.40. The van der Waals surface area contributed by atoms with Crippen molar-refractivity contribution in [1.29, 1.82) is 0 Å². The number of hydrogen-bond acceptors (Lipinski definition) is 4. The number of benzene rings is 2. The van der Waals surface area contributed by atoms with E-state index in [-0.39, 0.29) is 18.8 Å². The lowest BCUT2D eigenvalue weighted by Gasteiger charge is -2.16. The van der Waals surface area contributed by atoms with Gasteiger partial charge >= 0.3 is 12.1 Å². The molecule has 0 spiro atoms. The van der Waals surface area contributed by atoms with Gasteiger partial charge in [-0.05, 0) is 31.2 Å². The van der Waals surface area contributed by atoms with Crippen LogP contribution in [-0.2, 0) is 22.9 Å². The molecule has 0 amide bonds. The highest BCUT2D eigenvalue weighted by Gasteiger charge is 2.33. The molecule has 0 saturated carbocycles. The van der Waals surface area contributed by atoms with E-state index < -0.39 is 23.1 Å². The normalized spacial score (nSPS) is 12.2. The lowest BCUT2D eigenvalue weighted by molar-refractivity contribution is -0.138. The van der Waals surface area contributed by atoms with Crippen molar-refractivity contribution < 1.29 is 31.9 Å². The average Bonchev–Trinajstić information content (AvgIpc) is 3.05. The standard InChI is InChI=1S/C23H23F3O4/c1-5-28-21(27)19-16-12-15(10-11-18(16)30-20(19)22(2,3)4)29-13-14-8-6-7-9-17(14)23(24,25)26/h6-12H,5,13H2,1-4H3. The molecule has 0 fully saturated rings. The smallest absolute Gasteiger partial charge is 0.416 e. The Morgan fingerprint density at radius 1 is 1.07 bits per heavy atom. The third-order valence-corrected chi connectivity index (χ3v) is 4.54. The maximum absolute atomic E-state index is 13.2. The predicted molar refractivity (Wildman–Crippen MR) is 107 cm³/mol. The number of rotatable bonds is 5. The van der Waals surface area contributed by atoms with Gasteiger partial charge in [-0.25, -0.2) is 4.79 Å². The maximum atomic E-state index is 13.2. The number of carbonyl (C=O) groups excluding carboxylic acids is 1. The molecule has 0 bridgehead atoms. The van der Waals surface area contributed by atoms with Gasteiger partial charge in [0.1, 0.15) is 29.3 Å². The molecule has 4 nitrogen and oxygen atoms in total. The van der Waals surface area contributed by atoms with Crippen molar-refractivity contribution in [2.45, 2.75) is 45.9 Å². The fraction of sp³-hybridized carbons (Fsp3) is 0.348. The van der Waals surface area contributed by atoms with Crippen molar-refractivity contribution in [2.75, 3.05) is 6.61 Å². The molecular formula is C23H23F3O4. The molecule has 7 heteroatoms. The summed E-state index contributed by atoms with van der Waals surface area (Å²) in [7, 11) is 0. The highest BCUT2D eigenvalue weighted by atomic mass is 19.4. The number of carbonyl (C=O) groups is 1. The van der Waals surface area contributed by atoms with Gasteiger partial charge in [-0.15, -0.1) is 0 Å². The van der Waals surface area contributed by atoms with Gasteiger partial charge < -0.3 is 13.9 Å². The van der Waals surface area contributed by atoms with Crippen LogP contribution in [0.25, 0.3) is 11.0 Å². The summed E-state index contributed by atoms with van der Waals surface area (Å²) in [6.07, 6.45) is -4.47. The van der Waals surface area contributed by atoms with Crippen molar-refractivity contribution in [3.8, 4) is 5.75 Å². The van der Waals surface area contributed by atoms with E-state index in [4.69, 9.17) is 13.9 Å². The number of fused-ring (bicyclic) bond motifs is 1. The Bertz CT molecular complexity index is 1060. The summed E-state index contributed by atoms with van der Waals surface area (Å²) >= 11 is 0. The quantitative estimate of drug-likeness (QED) is 0.442. The first-order chi connectivity index (χ1) is 14.0. The molecule has 0 aliphatic heterocycles. The van der Waals surface area contributed by atoms with Crippen molar-refractivity contribution >= 4 is 16.9 Å². The van der Waals surface area contributed by atoms with Crippen LogP contribution in [0.4, 0.5) is 13.2 Å². The minimum absolute atomic E-state index is 0.0262. The second-order valence-corrected chi connectivity index (χ2v) is 7.88.